The van der Waals surface area contributed by atoms with Crippen LogP contribution >= 0.6 is 0 Å². The van der Waals surface area contributed by atoms with Gasteiger partial charge in [0, 0.05) is 33.9 Å². The smallest absolute Gasteiger partial charge is 0.353 e. The Hall–Kier alpha value is -1.96. The average molecular weight is 269 g/mol. The molecule has 1 rings (SSSR count). The molecule has 0 fully saturated rings. The van der Waals surface area contributed by atoms with Crippen LogP contribution in [0.15, 0.2) is 6.33 Å². The second kappa shape index (κ2) is 7.47. The lowest BCUT2D eigenvalue weighted by Crippen LogP contribution is -2.22. The van der Waals surface area contributed by atoms with E-state index >= 15 is 0 Å². The van der Waals surface area contributed by atoms with Crippen LogP contribution in [0.25, 0.3) is 0 Å². The first-order valence-electron chi connectivity index (χ1n) is 6.05. The Morgan fingerprint density at radius 1 is 1.53 bits per heavy atom. The van der Waals surface area contributed by atoms with Gasteiger partial charge in [-0.2, -0.15) is 0 Å². The van der Waals surface area contributed by atoms with Crippen molar-refractivity contribution in [3.63, 3.8) is 0 Å². The first-order chi connectivity index (χ1) is 9.11. The molecule has 19 heavy (non-hydrogen) atoms. The summed E-state index contributed by atoms with van der Waals surface area (Å²) in [6.45, 7) is 3.64. The predicted molar refractivity (Wildman–Crippen MR) is 72.6 cm³/mol. The van der Waals surface area contributed by atoms with Crippen LogP contribution in [0.5, 0.6) is 0 Å². The summed E-state index contributed by atoms with van der Waals surface area (Å²) in [6, 6.07) is 0. The number of ether oxygens (including phenoxy) is 1. The zero-order valence-corrected chi connectivity index (χ0v) is 11.4. The Kier molecular flexibility index (Phi) is 5.94. The Balaban J connectivity index is 2.98. The molecule has 0 aliphatic heterocycles. The van der Waals surface area contributed by atoms with Crippen LogP contribution in [0.4, 0.5) is 17.3 Å². The lowest BCUT2D eigenvalue weighted by Gasteiger charge is -2.18. The number of nitro groups is 1. The summed E-state index contributed by atoms with van der Waals surface area (Å²) < 4.78 is 4.96. The van der Waals surface area contributed by atoms with E-state index < -0.39 is 4.92 Å². The monoisotopic (exact) mass is 269 g/mol. The summed E-state index contributed by atoms with van der Waals surface area (Å²) in [5.41, 5.74) is -0.0933. The largest absolute Gasteiger partial charge is 0.385 e. The molecule has 0 bridgehead atoms. The Labute approximate surface area is 112 Å². The van der Waals surface area contributed by atoms with Gasteiger partial charge in [0.2, 0.25) is 11.6 Å². The van der Waals surface area contributed by atoms with Crippen LogP contribution in [-0.4, -0.2) is 48.7 Å². The number of hydrogen-bond acceptors (Lipinski definition) is 7. The summed E-state index contributed by atoms with van der Waals surface area (Å²) in [5.74, 6) is 0.558. The molecule has 0 aromatic carbocycles. The van der Waals surface area contributed by atoms with Gasteiger partial charge in [0.15, 0.2) is 0 Å². The maximum atomic E-state index is 11.2. The summed E-state index contributed by atoms with van der Waals surface area (Å²) >= 11 is 0. The van der Waals surface area contributed by atoms with E-state index in [0.717, 1.165) is 6.42 Å². The minimum atomic E-state index is -0.458. The summed E-state index contributed by atoms with van der Waals surface area (Å²) in [7, 11) is 3.39. The van der Waals surface area contributed by atoms with Crippen molar-refractivity contribution in [2.75, 3.05) is 44.1 Å². The van der Waals surface area contributed by atoms with E-state index in [1.165, 1.54) is 6.33 Å². The predicted octanol–water partition coefficient (Wildman–Crippen LogP) is 1.29. The van der Waals surface area contributed by atoms with Gasteiger partial charge in [-0.1, -0.05) is 0 Å². The topological polar surface area (TPSA) is 93.4 Å². The number of nitrogens with one attached hydrogen (secondary N) is 1. The van der Waals surface area contributed by atoms with E-state index in [9.17, 15) is 10.1 Å². The molecular formula is C11H19N5O3. The lowest BCUT2D eigenvalue weighted by atomic mass is 10.3. The molecular weight excluding hydrogens is 250 g/mol. The zero-order valence-electron chi connectivity index (χ0n) is 11.4. The third kappa shape index (κ3) is 4.02. The highest BCUT2D eigenvalue weighted by molar-refractivity contribution is 5.69. The van der Waals surface area contributed by atoms with Crippen molar-refractivity contribution in [2.45, 2.75) is 13.3 Å². The standard InChI is InChI=1S/C11H19N5O3/c1-4-12-10-9(16(17)18)11(14-8-13-10)15(2)6-5-7-19-3/h8H,4-7H2,1-3H3,(H,12,13,14). The quantitative estimate of drug-likeness (QED) is 0.431. The normalized spacial score (nSPS) is 10.3. The van der Waals surface area contributed by atoms with Gasteiger partial charge in [0.25, 0.3) is 0 Å². The molecule has 0 aliphatic carbocycles. The highest BCUT2D eigenvalue weighted by atomic mass is 16.6. The number of rotatable bonds is 8. The van der Waals surface area contributed by atoms with Crippen LogP contribution in [0.3, 0.4) is 0 Å². The maximum Gasteiger partial charge on any atom is 0.353 e. The summed E-state index contributed by atoms with van der Waals surface area (Å²) in [5, 5.41) is 14.1. The maximum absolute atomic E-state index is 11.2. The van der Waals surface area contributed by atoms with Crippen molar-refractivity contribution in [2.24, 2.45) is 0 Å². The van der Waals surface area contributed by atoms with Crippen LogP contribution in [0.1, 0.15) is 13.3 Å². The van der Waals surface area contributed by atoms with Crippen LogP contribution in [0, 0.1) is 10.1 Å². The number of nitrogens with zero attached hydrogens (tertiary/aromatic N) is 4. The van der Waals surface area contributed by atoms with Crippen molar-refractivity contribution >= 4 is 17.3 Å². The minimum Gasteiger partial charge on any atom is -0.385 e. The Morgan fingerprint density at radius 3 is 2.84 bits per heavy atom. The van der Waals surface area contributed by atoms with Crippen LogP contribution in [0.2, 0.25) is 0 Å². The van der Waals surface area contributed by atoms with E-state index in [4.69, 9.17) is 4.74 Å². The molecule has 0 aliphatic rings. The highest BCUT2D eigenvalue weighted by Crippen LogP contribution is 2.30. The molecule has 106 valence electrons. The van der Waals surface area contributed by atoms with E-state index in [2.05, 4.69) is 15.3 Å². The van der Waals surface area contributed by atoms with E-state index in [1.54, 1.807) is 19.1 Å². The van der Waals surface area contributed by atoms with Crippen LogP contribution < -0.4 is 10.2 Å². The SMILES string of the molecule is CCNc1ncnc(N(C)CCCOC)c1[N+](=O)[O-]. The third-order valence-electron chi connectivity index (χ3n) is 2.53. The van der Waals surface area contributed by atoms with Gasteiger partial charge in [-0.15, -0.1) is 0 Å². The lowest BCUT2D eigenvalue weighted by molar-refractivity contribution is -0.383. The molecule has 0 radical (unpaired) electrons. The fourth-order valence-electron chi connectivity index (χ4n) is 1.67. The van der Waals surface area contributed by atoms with Crippen molar-refractivity contribution < 1.29 is 9.66 Å². The van der Waals surface area contributed by atoms with Gasteiger partial charge in [-0.05, 0) is 13.3 Å². The van der Waals surface area contributed by atoms with Crippen molar-refractivity contribution in [3.05, 3.63) is 16.4 Å². The second-order valence-electron chi connectivity index (χ2n) is 3.95. The van der Waals surface area contributed by atoms with Crippen molar-refractivity contribution in [1.82, 2.24) is 9.97 Å². The van der Waals surface area contributed by atoms with Gasteiger partial charge < -0.3 is 15.0 Å². The third-order valence-corrected chi connectivity index (χ3v) is 2.53. The fraction of sp³-hybridized carbons (Fsp3) is 0.636. The molecule has 1 heterocycles. The van der Waals surface area contributed by atoms with Gasteiger partial charge in [0.1, 0.15) is 6.33 Å². The van der Waals surface area contributed by atoms with Gasteiger partial charge >= 0.3 is 5.69 Å². The van der Waals surface area contributed by atoms with Crippen LogP contribution in [-0.2, 0) is 4.74 Å². The molecule has 0 atom stereocenters. The molecule has 1 aromatic rings. The molecule has 8 heteroatoms. The molecule has 0 saturated carbocycles. The first kappa shape index (κ1) is 15.1. The number of methoxy groups -OCH3 is 1. The van der Waals surface area contributed by atoms with E-state index in [0.29, 0.717) is 25.5 Å². The van der Waals surface area contributed by atoms with Crippen molar-refractivity contribution in [3.8, 4) is 0 Å². The number of aromatic nitrogens is 2. The summed E-state index contributed by atoms with van der Waals surface area (Å²) in [6.07, 6.45) is 2.10. The molecule has 0 spiro atoms. The number of hydrogen-bond donors (Lipinski definition) is 1. The molecule has 1 N–H and O–H groups in total. The fourth-order valence-corrected chi connectivity index (χ4v) is 1.67. The molecule has 1 aromatic heterocycles. The highest BCUT2D eigenvalue weighted by Gasteiger charge is 2.24. The molecule has 0 saturated heterocycles. The Bertz CT molecular complexity index is 427. The van der Waals surface area contributed by atoms with Gasteiger partial charge in [-0.3, -0.25) is 10.1 Å². The number of anilines is 2. The molecule has 8 nitrogen and oxygen atoms in total. The van der Waals surface area contributed by atoms with Crippen molar-refractivity contribution in [1.29, 1.82) is 0 Å². The zero-order chi connectivity index (χ0) is 14.3. The average Bonchev–Trinajstić information content (AvgIpc) is 2.38. The molecule has 0 unspecified atom stereocenters. The molecule has 0 amide bonds. The first-order valence-corrected chi connectivity index (χ1v) is 6.05. The van der Waals surface area contributed by atoms with E-state index in [1.807, 2.05) is 6.92 Å². The van der Waals surface area contributed by atoms with Gasteiger partial charge in [0.05, 0.1) is 4.92 Å². The Morgan fingerprint density at radius 2 is 2.26 bits per heavy atom. The summed E-state index contributed by atoms with van der Waals surface area (Å²) in [4.78, 5) is 20.4. The second-order valence-corrected chi connectivity index (χ2v) is 3.95. The van der Waals surface area contributed by atoms with Gasteiger partial charge in [-0.25, -0.2) is 9.97 Å². The minimum absolute atomic E-state index is 0.0933. The van der Waals surface area contributed by atoms with E-state index in [-0.39, 0.29) is 11.5 Å².